The Morgan fingerprint density at radius 3 is 2.85 bits per heavy atom. The van der Waals surface area contributed by atoms with E-state index in [2.05, 4.69) is 16.4 Å². The molecule has 108 valence electrons. The first-order valence-corrected chi connectivity index (χ1v) is 6.36. The zero-order chi connectivity index (χ0) is 15.1. The molecule has 20 heavy (non-hydrogen) atoms. The van der Waals surface area contributed by atoms with Gasteiger partial charge in [-0.05, 0) is 32.8 Å². The van der Waals surface area contributed by atoms with Gasteiger partial charge in [-0.1, -0.05) is 0 Å². The van der Waals surface area contributed by atoms with Crippen molar-refractivity contribution in [3.05, 3.63) is 23.0 Å². The third-order valence-corrected chi connectivity index (χ3v) is 2.91. The predicted octanol–water partition coefficient (Wildman–Crippen LogP) is 1.86. The Balaban J connectivity index is 2.93. The molecule has 1 rings (SSSR count). The summed E-state index contributed by atoms with van der Waals surface area (Å²) in [5.74, 6) is -0.947. The number of aromatic nitrogens is 1. The first-order chi connectivity index (χ1) is 9.49. The van der Waals surface area contributed by atoms with Crippen LogP contribution in [0.3, 0.4) is 0 Å². The third kappa shape index (κ3) is 4.21. The lowest BCUT2D eigenvalue weighted by molar-refractivity contribution is -0.138. The number of ether oxygens (including phenoxy) is 1. The lowest BCUT2D eigenvalue weighted by Gasteiger charge is -2.17. The molecule has 0 saturated carbocycles. The molecule has 0 amide bonds. The van der Waals surface area contributed by atoms with Gasteiger partial charge in [-0.3, -0.25) is 4.98 Å². The van der Waals surface area contributed by atoms with Crippen LogP contribution in [0.2, 0.25) is 0 Å². The number of anilines is 1. The van der Waals surface area contributed by atoms with Crippen LogP contribution in [-0.2, 0) is 9.53 Å². The minimum atomic E-state index is -0.947. The molecule has 6 nitrogen and oxygen atoms in total. The summed E-state index contributed by atoms with van der Waals surface area (Å²) in [4.78, 5) is 15.5. The van der Waals surface area contributed by atoms with E-state index in [-0.39, 0.29) is 0 Å². The van der Waals surface area contributed by atoms with Crippen LogP contribution in [-0.4, -0.2) is 35.8 Å². The summed E-state index contributed by atoms with van der Waals surface area (Å²) in [6.07, 6.45) is 1.06. The van der Waals surface area contributed by atoms with E-state index in [9.17, 15) is 9.90 Å². The van der Waals surface area contributed by atoms with Gasteiger partial charge in [-0.15, -0.1) is 0 Å². The van der Waals surface area contributed by atoms with Crippen LogP contribution in [0, 0.1) is 25.2 Å². The number of nitriles is 1. The van der Waals surface area contributed by atoms with Crippen LogP contribution in [0.25, 0.3) is 0 Å². The van der Waals surface area contributed by atoms with Crippen LogP contribution in [0.15, 0.2) is 6.07 Å². The van der Waals surface area contributed by atoms with E-state index in [0.29, 0.717) is 36.4 Å². The highest BCUT2D eigenvalue weighted by Gasteiger charge is 2.19. The van der Waals surface area contributed by atoms with Gasteiger partial charge in [-0.25, -0.2) is 4.79 Å². The van der Waals surface area contributed by atoms with Gasteiger partial charge in [0.15, 0.2) is 0 Å². The van der Waals surface area contributed by atoms with Gasteiger partial charge >= 0.3 is 5.97 Å². The Morgan fingerprint density at radius 2 is 2.30 bits per heavy atom. The second-order valence-electron chi connectivity index (χ2n) is 4.55. The van der Waals surface area contributed by atoms with Crippen LogP contribution in [0.4, 0.5) is 5.69 Å². The SMILES string of the molecule is COCCCC(Nc1cc(C)nc(C)c1C#N)C(=O)O. The van der Waals surface area contributed by atoms with Crippen molar-refractivity contribution < 1.29 is 14.6 Å². The number of carbonyl (C=O) groups is 1. The summed E-state index contributed by atoms with van der Waals surface area (Å²) in [7, 11) is 1.58. The van der Waals surface area contributed by atoms with Crippen molar-refractivity contribution in [1.82, 2.24) is 4.98 Å². The largest absolute Gasteiger partial charge is 0.480 e. The summed E-state index contributed by atoms with van der Waals surface area (Å²) in [5, 5.41) is 21.3. The minimum absolute atomic E-state index is 0.383. The van der Waals surface area contributed by atoms with Gasteiger partial charge in [0.1, 0.15) is 12.1 Å². The van der Waals surface area contributed by atoms with Gasteiger partial charge in [0.2, 0.25) is 0 Å². The van der Waals surface area contributed by atoms with E-state index in [0.717, 1.165) is 5.69 Å². The second-order valence-corrected chi connectivity index (χ2v) is 4.55. The number of nitrogens with zero attached hydrogens (tertiary/aromatic N) is 2. The molecule has 1 heterocycles. The van der Waals surface area contributed by atoms with Crippen LogP contribution < -0.4 is 5.32 Å². The molecule has 1 unspecified atom stereocenters. The average Bonchev–Trinajstić information content (AvgIpc) is 2.37. The van der Waals surface area contributed by atoms with Crippen molar-refractivity contribution in [1.29, 1.82) is 5.26 Å². The van der Waals surface area contributed by atoms with E-state index < -0.39 is 12.0 Å². The van der Waals surface area contributed by atoms with E-state index >= 15 is 0 Å². The van der Waals surface area contributed by atoms with Crippen LogP contribution in [0.1, 0.15) is 29.8 Å². The molecule has 0 aliphatic rings. The molecule has 1 atom stereocenters. The Kier molecular flexibility index (Phi) is 5.94. The van der Waals surface area contributed by atoms with Crippen molar-refractivity contribution in [2.24, 2.45) is 0 Å². The molecular weight excluding hydrogens is 258 g/mol. The maximum Gasteiger partial charge on any atom is 0.326 e. The molecule has 1 aromatic rings. The van der Waals surface area contributed by atoms with Gasteiger partial charge in [0.05, 0.1) is 16.9 Å². The molecular formula is C14H19N3O3. The van der Waals surface area contributed by atoms with Gasteiger partial charge in [0, 0.05) is 19.4 Å². The number of pyridine rings is 1. The molecule has 0 aromatic carbocycles. The minimum Gasteiger partial charge on any atom is -0.480 e. The van der Waals surface area contributed by atoms with Crippen molar-refractivity contribution in [2.75, 3.05) is 19.0 Å². The van der Waals surface area contributed by atoms with E-state index in [4.69, 9.17) is 10.00 Å². The number of hydrogen-bond acceptors (Lipinski definition) is 5. The smallest absolute Gasteiger partial charge is 0.326 e. The highest BCUT2D eigenvalue weighted by atomic mass is 16.5. The molecule has 1 aromatic heterocycles. The first-order valence-electron chi connectivity index (χ1n) is 6.36. The molecule has 0 aliphatic heterocycles. The molecule has 0 aliphatic carbocycles. The number of carboxylic acid groups (broad SMARTS) is 1. The quantitative estimate of drug-likeness (QED) is 0.739. The molecule has 2 N–H and O–H groups in total. The molecule has 0 spiro atoms. The summed E-state index contributed by atoms with van der Waals surface area (Å²) < 4.78 is 4.92. The van der Waals surface area contributed by atoms with Crippen LogP contribution >= 0.6 is 0 Å². The summed E-state index contributed by atoms with van der Waals surface area (Å²) >= 11 is 0. The molecule has 0 fully saturated rings. The number of carboxylic acids is 1. The molecule has 0 bridgehead atoms. The highest BCUT2D eigenvalue weighted by Crippen LogP contribution is 2.20. The third-order valence-electron chi connectivity index (χ3n) is 2.91. The fourth-order valence-corrected chi connectivity index (χ4v) is 1.96. The monoisotopic (exact) mass is 277 g/mol. The summed E-state index contributed by atoms with van der Waals surface area (Å²) in [6, 6.07) is 3.00. The summed E-state index contributed by atoms with van der Waals surface area (Å²) in [6.45, 7) is 4.04. The molecule has 0 radical (unpaired) electrons. The maximum atomic E-state index is 11.3. The molecule has 0 saturated heterocycles. The maximum absolute atomic E-state index is 11.3. The average molecular weight is 277 g/mol. The van der Waals surface area contributed by atoms with Crippen molar-refractivity contribution in [3.8, 4) is 6.07 Å². The number of nitrogens with one attached hydrogen (secondary N) is 1. The fourth-order valence-electron chi connectivity index (χ4n) is 1.96. The second kappa shape index (κ2) is 7.46. The van der Waals surface area contributed by atoms with E-state index in [1.165, 1.54) is 0 Å². The van der Waals surface area contributed by atoms with Gasteiger partial charge in [0.25, 0.3) is 0 Å². The number of hydrogen-bond donors (Lipinski definition) is 2. The zero-order valence-electron chi connectivity index (χ0n) is 11.9. The lowest BCUT2D eigenvalue weighted by Crippen LogP contribution is -2.30. The van der Waals surface area contributed by atoms with E-state index in [1.54, 1.807) is 27.0 Å². The predicted molar refractivity (Wildman–Crippen MR) is 74.6 cm³/mol. The van der Waals surface area contributed by atoms with Crippen molar-refractivity contribution >= 4 is 11.7 Å². The number of aryl methyl sites for hydroxylation is 2. The zero-order valence-corrected chi connectivity index (χ0v) is 11.9. The Labute approximate surface area is 118 Å². The topological polar surface area (TPSA) is 95.2 Å². The van der Waals surface area contributed by atoms with Crippen molar-refractivity contribution in [3.63, 3.8) is 0 Å². The Hall–Kier alpha value is -2.13. The number of aliphatic carboxylic acids is 1. The van der Waals surface area contributed by atoms with Crippen LogP contribution in [0.5, 0.6) is 0 Å². The lowest BCUT2D eigenvalue weighted by atomic mass is 10.1. The van der Waals surface area contributed by atoms with Gasteiger partial charge in [-0.2, -0.15) is 5.26 Å². The Morgan fingerprint density at radius 1 is 1.60 bits per heavy atom. The first kappa shape index (κ1) is 15.9. The van der Waals surface area contributed by atoms with E-state index in [1.807, 2.05) is 0 Å². The number of methoxy groups -OCH3 is 1. The standard InChI is InChI=1S/C14H19N3O3/c1-9-7-13(11(8-15)10(2)16-9)17-12(14(18)19)5-4-6-20-3/h7,12H,4-6H2,1-3H3,(H,16,17)(H,18,19). The Bertz CT molecular complexity index is 523. The number of rotatable bonds is 7. The van der Waals surface area contributed by atoms with Crippen molar-refractivity contribution in [2.45, 2.75) is 32.7 Å². The highest BCUT2D eigenvalue weighted by molar-refractivity contribution is 5.78. The molecule has 6 heteroatoms. The summed E-state index contributed by atoms with van der Waals surface area (Å²) in [5.41, 5.74) is 2.23. The normalized spacial score (nSPS) is 11.7. The van der Waals surface area contributed by atoms with Gasteiger partial charge < -0.3 is 15.2 Å². The fraction of sp³-hybridized carbons (Fsp3) is 0.500.